The molecule has 0 spiro atoms. The molecule has 4 nitrogen and oxygen atoms in total. The van der Waals surface area contributed by atoms with Gasteiger partial charge >= 0.3 is 6.03 Å². The zero-order chi connectivity index (χ0) is 14.1. The first-order chi connectivity index (χ1) is 9.65. The van der Waals surface area contributed by atoms with Crippen molar-refractivity contribution in [3.63, 3.8) is 0 Å². The number of nitrogens with zero attached hydrogens (tertiary/aromatic N) is 1. The van der Waals surface area contributed by atoms with Crippen molar-refractivity contribution >= 4 is 44.9 Å². The van der Waals surface area contributed by atoms with Gasteiger partial charge in [-0.1, -0.05) is 29.8 Å². The third-order valence-electron chi connectivity index (χ3n) is 2.76. The van der Waals surface area contributed by atoms with E-state index in [4.69, 9.17) is 11.6 Å². The molecule has 3 aromatic rings. The lowest BCUT2D eigenvalue weighted by Crippen LogP contribution is -2.26. The van der Waals surface area contributed by atoms with Crippen molar-refractivity contribution in [3.8, 4) is 0 Å². The fourth-order valence-electron chi connectivity index (χ4n) is 1.83. The zero-order valence-electron chi connectivity index (χ0n) is 10.2. The molecule has 0 aliphatic heterocycles. The van der Waals surface area contributed by atoms with Gasteiger partial charge in [0.05, 0.1) is 10.1 Å². The molecule has 0 unspecified atom stereocenters. The van der Waals surface area contributed by atoms with Crippen LogP contribution in [0.1, 0.15) is 0 Å². The summed E-state index contributed by atoms with van der Waals surface area (Å²) in [5.74, 6) is 0. The highest BCUT2D eigenvalue weighted by Crippen LogP contribution is 2.21. The number of aromatic nitrogens is 1. The molecule has 0 saturated carbocycles. The second kappa shape index (κ2) is 5.11. The lowest BCUT2D eigenvalue weighted by Gasteiger charge is -2.03. The molecule has 0 radical (unpaired) electrons. The van der Waals surface area contributed by atoms with E-state index in [2.05, 4.69) is 5.32 Å². The highest BCUT2D eigenvalue weighted by atomic mass is 35.5. The maximum absolute atomic E-state index is 12.1. The fourth-order valence-corrected chi connectivity index (χ4v) is 3.00. The van der Waals surface area contributed by atoms with Crippen molar-refractivity contribution < 1.29 is 4.79 Å². The molecule has 0 bridgehead atoms. The summed E-state index contributed by atoms with van der Waals surface area (Å²) in [6.45, 7) is 0. The Hall–Kier alpha value is -2.11. The van der Waals surface area contributed by atoms with E-state index in [0.717, 1.165) is 15.5 Å². The normalized spacial score (nSPS) is 10.7. The Bertz CT molecular complexity index is 839. The third-order valence-corrected chi connectivity index (χ3v) is 4.04. The largest absolute Gasteiger partial charge is 0.342 e. The number of anilines is 1. The Kier molecular flexibility index (Phi) is 3.30. The van der Waals surface area contributed by atoms with E-state index < -0.39 is 6.03 Å². The Balaban J connectivity index is 2.00. The van der Waals surface area contributed by atoms with E-state index >= 15 is 0 Å². The Morgan fingerprint density at radius 2 is 1.90 bits per heavy atom. The summed E-state index contributed by atoms with van der Waals surface area (Å²) in [5.41, 5.74) is 0.301. The standard InChI is InChI=1S/C14H9ClN2O2S/c15-9-6-7-11-12(8-9)20-17(13(11)18)14(19)16-10-4-2-1-3-5-10/h1-8H,(H,16,19). The molecule has 2 aromatic carbocycles. The molecule has 0 aliphatic rings. The van der Waals surface area contributed by atoms with Gasteiger partial charge in [-0.2, -0.15) is 3.96 Å². The van der Waals surface area contributed by atoms with Gasteiger partial charge in [0.25, 0.3) is 5.56 Å². The minimum atomic E-state index is -0.474. The molecular weight excluding hydrogens is 296 g/mol. The van der Waals surface area contributed by atoms with Gasteiger partial charge in [0.1, 0.15) is 0 Å². The number of carbonyl (C=O) groups excluding carboxylic acids is 1. The number of amides is 1. The average molecular weight is 305 g/mol. The van der Waals surface area contributed by atoms with Crippen molar-refractivity contribution in [2.24, 2.45) is 0 Å². The number of carbonyl (C=O) groups is 1. The fraction of sp³-hybridized carbons (Fsp3) is 0. The van der Waals surface area contributed by atoms with E-state index in [-0.39, 0.29) is 5.56 Å². The summed E-state index contributed by atoms with van der Waals surface area (Å²) in [5, 5.41) is 3.70. The number of para-hydroxylation sites is 1. The SMILES string of the molecule is O=C(Nc1ccccc1)n1sc2cc(Cl)ccc2c1=O. The Morgan fingerprint density at radius 3 is 2.65 bits per heavy atom. The first-order valence-electron chi connectivity index (χ1n) is 5.83. The molecule has 20 heavy (non-hydrogen) atoms. The number of hydrogen-bond acceptors (Lipinski definition) is 3. The molecule has 6 heteroatoms. The zero-order valence-corrected chi connectivity index (χ0v) is 11.7. The van der Waals surface area contributed by atoms with Crippen LogP contribution in [-0.2, 0) is 0 Å². The molecule has 0 atom stereocenters. The van der Waals surface area contributed by atoms with Crippen LogP contribution in [0.5, 0.6) is 0 Å². The summed E-state index contributed by atoms with van der Waals surface area (Å²) in [4.78, 5) is 24.3. The topological polar surface area (TPSA) is 51.1 Å². The summed E-state index contributed by atoms with van der Waals surface area (Å²) < 4.78 is 1.78. The van der Waals surface area contributed by atoms with Crippen LogP contribution in [0.2, 0.25) is 5.02 Å². The number of benzene rings is 2. The molecular formula is C14H9ClN2O2S. The van der Waals surface area contributed by atoms with Crippen LogP contribution in [0.15, 0.2) is 53.3 Å². The first kappa shape index (κ1) is 12.9. The van der Waals surface area contributed by atoms with Crippen molar-refractivity contribution in [2.75, 3.05) is 5.32 Å². The third kappa shape index (κ3) is 2.33. The minimum Gasteiger partial charge on any atom is -0.306 e. The van der Waals surface area contributed by atoms with Crippen molar-refractivity contribution in [1.82, 2.24) is 3.96 Å². The van der Waals surface area contributed by atoms with E-state index in [9.17, 15) is 9.59 Å². The number of rotatable bonds is 1. The number of nitrogens with one attached hydrogen (secondary N) is 1. The minimum absolute atomic E-state index is 0.338. The smallest absolute Gasteiger partial charge is 0.306 e. The van der Waals surface area contributed by atoms with Gasteiger partial charge in [-0.05, 0) is 41.9 Å². The van der Waals surface area contributed by atoms with E-state index in [1.165, 1.54) is 0 Å². The van der Waals surface area contributed by atoms with Crippen LogP contribution in [0.3, 0.4) is 0 Å². The molecule has 1 heterocycles. The average Bonchev–Trinajstić information content (AvgIpc) is 2.76. The first-order valence-corrected chi connectivity index (χ1v) is 6.98. The van der Waals surface area contributed by atoms with Crippen molar-refractivity contribution in [1.29, 1.82) is 0 Å². The van der Waals surface area contributed by atoms with Gasteiger partial charge in [-0.25, -0.2) is 4.79 Å². The second-order valence-corrected chi connectivity index (χ2v) is 5.55. The van der Waals surface area contributed by atoms with E-state index in [1.54, 1.807) is 30.3 Å². The maximum Gasteiger partial charge on any atom is 0.342 e. The van der Waals surface area contributed by atoms with Crippen LogP contribution in [0, 0.1) is 0 Å². The lowest BCUT2D eigenvalue weighted by atomic mass is 10.3. The molecule has 0 aliphatic carbocycles. The number of fused-ring (bicyclic) bond motifs is 1. The van der Waals surface area contributed by atoms with Gasteiger partial charge in [0.15, 0.2) is 0 Å². The highest BCUT2D eigenvalue weighted by molar-refractivity contribution is 7.14. The predicted octanol–water partition coefficient (Wildman–Crippen LogP) is 3.80. The lowest BCUT2D eigenvalue weighted by molar-refractivity contribution is 0.255. The molecule has 0 saturated heterocycles. The molecule has 0 fully saturated rings. The van der Waals surface area contributed by atoms with Gasteiger partial charge in [0, 0.05) is 10.7 Å². The van der Waals surface area contributed by atoms with Crippen LogP contribution in [0.4, 0.5) is 10.5 Å². The number of hydrogen-bond donors (Lipinski definition) is 1. The molecule has 1 aromatic heterocycles. The summed E-state index contributed by atoms with van der Waals surface area (Å²) in [6, 6.07) is 13.4. The highest BCUT2D eigenvalue weighted by Gasteiger charge is 2.14. The predicted molar refractivity (Wildman–Crippen MR) is 82.0 cm³/mol. The van der Waals surface area contributed by atoms with Crippen LogP contribution >= 0.6 is 23.1 Å². The van der Waals surface area contributed by atoms with E-state index in [1.807, 2.05) is 18.2 Å². The monoisotopic (exact) mass is 304 g/mol. The Labute approximate surface area is 123 Å². The maximum atomic E-state index is 12.1. The number of halogens is 1. The van der Waals surface area contributed by atoms with Crippen LogP contribution in [0.25, 0.3) is 10.1 Å². The summed E-state index contributed by atoms with van der Waals surface area (Å²) in [7, 11) is 0. The summed E-state index contributed by atoms with van der Waals surface area (Å²) in [6.07, 6.45) is 0. The van der Waals surface area contributed by atoms with Crippen molar-refractivity contribution in [2.45, 2.75) is 0 Å². The molecule has 3 rings (SSSR count). The van der Waals surface area contributed by atoms with Gasteiger partial charge in [0.2, 0.25) is 0 Å². The molecule has 1 amide bonds. The van der Waals surface area contributed by atoms with Crippen LogP contribution in [-0.4, -0.2) is 9.99 Å². The second-order valence-electron chi connectivity index (χ2n) is 4.13. The van der Waals surface area contributed by atoms with Crippen LogP contribution < -0.4 is 10.9 Å². The summed E-state index contributed by atoms with van der Waals surface area (Å²) >= 11 is 6.96. The van der Waals surface area contributed by atoms with Gasteiger partial charge < -0.3 is 5.32 Å². The van der Waals surface area contributed by atoms with Gasteiger partial charge in [-0.15, -0.1) is 0 Å². The Morgan fingerprint density at radius 1 is 1.15 bits per heavy atom. The van der Waals surface area contributed by atoms with E-state index in [0.29, 0.717) is 20.8 Å². The molecule has 100 valence electrons. The van der Waals surface area contributed by atoms with Crippen molar-refractivity contribution in [3.05, 3.63) is 63.9 Å². The van der Waals surface area contributed by atoms with Gasteiger partial charge in [-0.3, -0.25) is 4.79 Å². The molecule has 1 N–H and O–H groups in total. The quantitative estimate of drug-likeness (QED) is 0.743.